The van der Waals surface area contributed by atoms with Gasteiger partial charge in [0.1, 0.15) is 0 Å². The summed E-state index contributed by atoms with van der Waals surface area (Å²) >= 11 is 0. The molecule has 0 bridgehead atoms. The minimum Gasteiger partial charge on any atom is -0.385 e. The summed E-state index contributed by atoms with van der Waals surface area (Å²) in [6.07, 6.45) is 7.10. The van der Waals surface area contributed by atoms with Gasteiger partial charge in [-0.2, -0.15) is 0 Å². The van der Waals surface area contributed by atoms with Crippen LogP contribution in [0.25, 0.3) is 0 Å². The van der Waals surface area contributed by atoms with E-state index < -0.39 is 0 Å². The predicted octanol–water partition coefficient (Wildman–Crippen LogP) is 3.96. The van der Waals surface area contributed by atoms with E-state index in [0.717, 1.165) is 50.7 Å². The summed E-state index contributed by atoms with van der Waals surface area (Å²) < 4.78 is 5.32. The van der Waals surface area contributed by atoms with Gasteiger partial charge in [0.05, 0.1) is 0 Å². The molecule has 0 saturated heterocycles. The van der Waals surface area contributed by atoms with Gasteiger partial charge in [0.15, 0.2) is 5.96 Å². The summed E-state index contributed by atoms with van der Waals surface area (Å²) in [7, 11) is 1.78. The highest BCUT2D eigenvalue weighted by molar-refractivity contribution is 14.0. The second kappa shape index (κ2) is 13.8. The maximum Gasteiger partial charge on any atom is 0.221 e. The van der Waals surface area contributed by atoms with Crippen molar-refractivity contribution in [2.75, 3.05) is 38.7 Å². The van der Waals surface area contributed by atoms with Crippen molar-refractivity contribution in [2.24, 2.45) is 10.4 Å². The number of nitrogens with zero attached hydrogens (tertiary/aromatic N) is 1. The molecule has 0 heterocycles. The van der Waals surface area contributed by atoms with Gasteiger partial charge in [-0.3, -0.25) is 9.79 Å². The SMILES string of the molecule is CCNC(=NCC1(CCOC)CCCC1)NCCc1ccc(NC(C)=O)cc1.I. The third-order valence-corrected chi connectivity index (χ3v) is 5.40. The largest absolute Gasteiger partial charge is 0.385 e. The molecule has 3 N–H and O–H groups in total. The third-order valence-electron chi connectivity index (χ3n) is 5.40. The summed E-state index contributed by atoms with van der Waals surface area (Å²) in [4.78, 5) is 16.0. The van der Waals surface area contributed by atoms with Gasteiger partial charge in [-0.05, 0) is 55.7 Å². The molecule has 1 fully saturated rings. The number of aliphatic imine (C=N–C) groups is 1. The summed E-state index contributed by atoms with van der Waals surface area (Å²) in [5, 5.41) is 9.60. The molecule has 7 heteroatoms. The minimum absolute atomic E-state index is 0. The number of rotatable bonds is 10. The Bertz CT molecular complexity index is 628. The van der Waals surface area contributed by atoms with Gasteiger partial charge in [-0.25, -0.2) is 0 Å². The zero-order chi connectivity index (χ0) is 20.2. The molecule has 164 valence electrons. The van der Waals surface area contributed by atoms with Gasteiger partial charge in [-0.15, -0.1) is 24.0 Å². The molecule has 6 nitrogen and oxygen atoms in total. The fourth-order valence-corrected chi connectivity index (χ4v) is 3.80. The summed E-state index contributed by atoms with van der Waals surface area (Å²) in [6, 6.07) is 7.98. The smallest absolute Gasteiger partial charge is 0.221 e. The second-order valence-electron chi connectivity index (χ2n) is 7.70. The molecule has 0 radical (unpaired) electrons. The van der Waals surface area contributed by atoms with Crippen LogP contribution in [0.15, 0.2) is 29.3 Å². The average Bonchev–Trinajstić information content (AvgIpc) is 3.15. The molecule has 2 rings (SSSR count). The normalized spacial score (nSPS) is 15.5. The van der Waals surface area contributed by atoms with Crippen molar-refractivity contribution >= 4 is 41.5 Å². The Balaban J connectivity index is 0.00000420. The number of nitrogens with one attached hydrogen (secondary N) is 3. The fourth-order valence-electron chi connectivity index (χ4n) is 3.80. The number of anilines is 1. The molecule has 1 aromatic rings. The fraction of sp³-hybridized carbons (Fsp3) is 0.636. The van der Waals surface area contributed by atoms with Crippen molar-refractivity contribution in [1.82, 2.24) is 10.6 Å². The minimum atomic E-state index is -0.0496. The number of hydrogen-bond acceptors (Lipinski definition) is 3. The van der Waals surface area contributed by atoms with Gasteiger partial charge in [0.25, 0.3) is 0 Å². The lowest BCUT2D eigenvalue weighted by Gasteiger charge is -2.27. The second-order valence-corrected chi connectivity index (χ2v) is 7.70. The first-order valence-corrected chi connectivity index (χ1v) is 10.4. The van der Waals surface area contributed by atoms with Crippen molar-refractivity contribution in [3.05, 3.63) is 29.8 Å². The summed E-state index contributed by atoms with van der Waals surface area (Å²) in [5.74, 6) is 0.840. The van der Waals surface area contributed by atoms with Crippen molar-refractivity contribution in [1.29, 1.82) is 0 Å². The van der Waals surface area contributed by atoms with Gasteiger partial charge in [0, 0.05) is 46.0 Å². The van der Waals surface area contributed by atoms with Gasteiger partial charge < -0.3 is 20.7 Å². The number of halogens is 1. The van der Waals surface area contributed by atoms with Crippen molar-refractivity contribution in [3.8, 4) is 0 Å². The quantitative estimate of drug-likeness (QED) is 0.250. The number of methoxy groups -OCH3 is 1. The van der Waals surface area contributed by atoms with E-state index in [9.17, 15) is 4.79 Å². The molecule has 0 unspecified atom stereocenters. The summed E-state index contributed by atoms with van der Waals surface area (Å²) in [6.45, 7) is 6.95. The Kier molecular flexibility index (Phi) is 12.2. The van der Waals surface area contributed by atoms with E-state index in [1.165, 1.54) is 38.2 Å². The Labute approximate surface area is 192 Å². The molecule has 1 aromatic carbocycles. The molecule has 1 aliphatic rings. The van der Waals surface area contributed by atoms with Crippen LogP contribution in [0.4, 0.5) is 5.69 Å². The van der Waals surface area contributed by atoms with E-state index in [2.05, 4.69) is 35.0 Å². The molecule has 0 aliphatic heterocycles. The molecule has 0 atom stereocenters. The molecule has 29 heavy (non-hydrogen) atoms. The first-order valence-electron chi connectivity index (χ1n) is 10.4. The van der Waals surface area contributed by atoms with Crippen LogP contribution in [-0.4, -0.2) is 45.2 Å². The van der Waals surface area contributed by atoms with Crippen LogP contribution >= 0.6 is 24.0 Å². The number of carbonyl (C=O) groups excluding carboxylic acids is 1. The lowest BCUT2D eigenvalue weighted by molar-refractivity contribution is -0.114. The maximum absolute atomic E-state index is 11.1. The van der Waals surface area contributed by atoms with Crippen LogP contribution in [0.3, 0.4) is 0 Å². The Morgan fingerprint density at radius 3 is 2.45 bits per heavy atom. The lowest BCUT2D eigenvalue weighted by atomic mass is 9.83. The molecule has 1 aliphatic carbocycles. The van der Waals surface area contributed by atoms with Gasteiger partial charge in [-0.1, -0.05) is 25.0 Å². The van der Waals surface area contributed by atoms with Crippen molar-refractivity contribution in [2.45, 2.75) is 52.4 Å². The van der Waals surface area contributed by atoms with E-state index in [0.29, 0.717) is 5.41 Å². The van der Waals surface area contributed by atoms with Crippen LogP contribution in [0.5, 0.6) is 0 Å². The highest BCUT2D eigenvalue weighted by atomic mass is 127. The predicted molar refractivity (Wildman–Crippen MR) is 131 cm³/mol. The van der Waals surface area contributed by atoms with Crippen LogP contribution in [-0.2, 0) is 16.0 Å². The maximum atomic E-state index is 11.1. The van der Waals surface area contributed by atoms with Crippen LogP contribution < -0.4 is 16.0 Å². The number of ether oxygens (including phenoxy) is 1. The highest BCUT2D eigenvalue weighted by Gasteiger charge is 2.33. The lowest BCUT2D eigenvalue weighted by Crippen LogP contribution is -2.39. The topological polar surface area (TPSA) is 74.8 Å². The van der Waals surface area contributed by atoms with Gasteiger partial charge >= 0.3 is 0 Å². The number of benzene rings is 1. The van der Waals surface area contributed by atoms with Crippen molar-refractivity contribution < 1.29 is 9.53 Å². The molecule has 1 saturated carbocycles. The monoisotopic (exact) mass is 516 g/mol. The van der Waals surface area contributed by atoms with E-state index in [1.54, 1.807) is 7.11 Å². The van der Waals surface area contributed by atoms with Crippen LogP contribution in [0, 0.1) is 5.41 Å². The molecule has 0 spiro atoms. The number of amides is 1. The van der Waals surface area contributed by atoms with Crippen LogP contribution in [0.1, 0.15) is 51.5 Å². The standard InChI is InChI=1S/C22H36N4O2.HI/c1-4-23-21(25-17-22(14-16-28-3)12-5-6-13-22)24-15-11-19-7-9-20(10-8-19)26-18(2)27;/h7-10H,4-6,11-17H2,1-3H3,(H,26,27)(H2,23,24,25);1H. The first kappa shape index (κ1) is 25.7. The van der Waals surface area contributed by atoms with Crippen LogP contribution in [0.2, 0.25) is 0 Å². The zero-order valence-electron chi connectivity index (χ0n) is 18.1. The third kappa shape index (κ3) is 9.33. The van der Waals surface area contributed by atoms with E-state index in [1.807, 2.05) is 12.1 Å². The van der Waals surface area contributed by atoms with E-state index in [4.69, 9.17) is 9.73 Å². The van der Waals surface area contributed by atoms with Gasteiger partial charge in [0.2, 0.25) is 5.91 Å². The number of hydrogen-bond donors (Lipinski definition) is 3. The van der Waals surface area contributed by atoms with Crippen molar-refractivity contribution in [3.63, 3.8) is 0 Å². The highest BCUT2D eigenvalue weighted by Crippen LogP contribution is 2.41. The number of carbonyl (C=O) groups is 1. The van der Waals surface area contributed by atoms with E-state index in [-0.39, 0.29) is 29.9 Å². The van der Waals surface area contributed by atoms with E-state index >= 15 is 0 Å². The molecule has 1 amide bonds. The summed E-state index contributed by atoms with van der Waals surface area (Å²) in [5.41, 5.74) is 2.36. The molecular formula is C22H37IN4O2. The average molecular weight is 516 g/mol. The zero-order valence-corrected chi connectivity index (χ0v) is 20.4. The molecule has 0 aromatic heterocycles. The molecular weight excluding hydrogens is 479 g/mol. The Morgan fingerprint density at radius 1 is 1.17 bits per heavy atom. The number of guanidine groups is 1. The Hall–Kier alpha value is -1.35. The first-order chi connectivity index (χ1) is 13.6. The Morgan fingerprint density at radius 2 is 1.86 bits per heavy atom.